The molecule has 3 aromatic rings. The summed E-state index contributed by atoms with van der Waals surface area (Å²) in [5.41, 5.74) is -0.119. The minimum atomic E-state index is -4.85. The van der Waals surface area contributed by atoms with Crippen molar-refractivity contribution in [2.75, 3.05) is 17.1 Å². The van der Waals surface area contributed by atoms with Crippen LogP contribution in [0.3, 0.4) is 0 Å². The lowest BCUT2D eigenvalue weighted by Gasteiger charge is -2.35. The van der Waals surface area contributed by atoms with E-state index < -0.39 is 45.3 Å². The maximum atomic E-state index is 14.1. The van der Waals surface area contributed by atoms with Crippen molar-refractivity contribution < 1.29 is 31.2 Å². The lowest BCUT2D eigenvalue weighted by atomic mass is 9.94. The minimum Gasteiger partial charge on any atom is -0.352 e. The number of nitrogens with one attached hydrogen (secondary N) is 1. The number of amides is 2. The molecule has 3 aromatic carbocycles. The van der Waals surface area contributed by atoms with Crippen LogP contribution in [0.25, 0.3) is 0 Å². The van der Waals surface area contributed by atoms with Gasteiger partial charge in [-0.2, -0.15) is 13.2 Å². The SMILES string of the molecule is CS(=O)(=O)N(CC(=O)N(Cc1ccccc1)C(Cc1ccccc1)C(=O)NC1CCCCC1)c1ccc(Cl)c(C(F)(F)F)c1. The van der Waals surface area contributed by atoms with Gasteiger partial charge in [0.1, 0.15) is 12.6 Å². The molecule has 0 aromatic heterocycles. The van der Waals surface area contributed by atoms with Crippen LogP contribution in [0, 0.1) is 0 Å². The Labute approximate surface area is 261 Å². The fourth-order valence-corrected chi connectivity index (χ4v) is 6.44. The monoisotopic (exact) mass is 649 g/mol. The van der Waals surface area contributed by atoms with Crippen LogP contribution in [0.15, 0.2) is 78.9 Å². The average Bonchev–Trinajstić information content (AvgIpc) is 2.98. The molecule has 0 heterocycles. The maximum Gasteiger partial charge on any atom is 0.417 e. The Morgan fingerprint density at radius 1 is 0.932 bits per heavy atom. The van der Waals surface area contributed by atoms with Crippen molar-refractivity contribution >= 4 is 39.1 Å². The van der Waals surface area contributed by atoms with E-state index in [1.165, 1.54) is 4.90 Å². The quantitative estimate of drug-likeness (QED) is 0.268. The van der Waals surface area contributed by atoms with Gasteiger partial charge < -0.3 is 10.2 Å². The predicted molar refractivity (Wildman–Crippen MR) is 165 cm³/mol. The molecular formula is C32H35ClF3N3O4S. The molecule has 1 aliphatic rings. The molecular weight excluding hydrogens is 615 g/mol. The van der Waals surface area contributed by atoms with Gasteiger partial charge in [-0.25, -0.2) is 8.42 Å². The number of hydrogen-bond donors (Lipinski definition) is 1. The van der Waals surface area contributed by atoms with Gasteiger partial charge in [0.15, 0.2) is 0 Å². The summed E-state index contributed by atoms with van der Waals surface area (Å²) in [4.78, 5) is 29.4. The highest BCUT2D eigenvalue weighted by atomic mass is 35.5. The van der Waals surface area contributed by atoms with Crippen molar-refractivity contribution in [3.63, 3.8) is 0 Å². The van der Waals surface area contributed by atoms with E-state index in [4.69, 9.17) is 11.6 Å². The fraction of sp³-hybridized carbons (Fsp3) is 0.375. The third-order valence-electron chi connectivity index (χ3n) is 7.64. The molecule has 1 atom stereocenters. The van der Waals surface area contributed by atoms with Gasteiger partial charge >= 0.3 is 6.18 Å². The molecule has 2 amide bonds. The normalized spacial score (nSPS) is 14.9. The van der Waals surface area contributed by atoms with Gasteiger partial charge in [0.05, 0.1) is 22.5 Å². The highest BCUT2D eigenvalue weighted by Crippen LogP contribution is 2.37. The van der Waals surface area contributed by atoms with Gasteiger partial charge in [0, 0.05) is 19.0 Å². The summed E-state index contributed by atoms with van der Waals surface area (Å²) in [5, 5.41) is 2.50. The van der Waals surface area contributed by atoms with Crippen molar-refractivity contribution in [1.29, 1.82) is 0 Å². The van der Waals surface area contributed by atoms with E-state index in [9.17, 15) is 31.2 Å². The van der Waals surface area contributed by atoms with Crippen LogP contribution in [0.5, 0.6) is 0 Å². The Bertz CT molecular complexity index is 1530. The lowest BCUT2D eigenvalue weighted by molar-refractivity contribution is -0.140. The number of hydrogen-bond acceptors (Lipinski definition) is 4. The highest BCUT2D eigenvalue weighted by Gasteiger charge is 2.37. The summed E-state index contributed by atoms with van der Waals surface area (Å²) >= 11 is 5.77. The zero-order valence-corrected chi connectivity index (χ0v) is 25.8. The molecule has 44 heavy (non-hydrogen) atoms. The van der Waals surface area contributed by atoms with Crippen LogP contribution in [0.2, 0.25) is 5.02 Å². The molecule has 0 bridgehead atoms. The number of benzene rings is 3. The van der Waals surface area contributed by atoms with Crippen LogP contribution >= 0.6 is 11.6 Å². The second kappa shape index (κ2) is 14.5. The van der Waals surface area contributed by atoms with E-state index in [2.05, 4.69) is 5.32 Å². The summed E-state index contributed by atoms with van der Waals surface area (Å²) in [7, 11) is -4.25. The topological polar surface area (TPSA) is 86.8 Å². The Balaban J connectivity index is 1.74. The number of sulfonamides is 1. The summed E-state index contributed by atoms with van der Waals surface area (Å²) in [6.07, 6.45) is 0.776. The zero-order chi connectivity index (χ0) is 31.9. The molecule has 0 spiro atoms. The van der Waals surface area contributed by atoms with Gasteiger partial charge in [-0.1, -0.05) is 91.5 Å². The first-order valence-electron chi connectivity index (χ1n) is 14.3. The zero-order valence-electron chi connectivity index (χ0n) is 24.3. The van der Waals surface area contributed by atoms with Crippen molar-refractivity contribution in [2.45, 2.75) is 63.3 Å². The molecule has 1 fully saturated rings. The largest absolute Gasteiger partial charge is 0.417 e. The van der Waals surface area contributed by atoms with Gasteiger partial charge in [0.25, 0.3) is 0 Å². The second-order valence-corrected chi connectivity index (χ2v) is 13.3. The first-order valence-corrected chi connectivity index (χ1v) is 16.6. The van der Waals surface area contributed by atoms with Gasteiger partial charge in [-0.15, -0.1) is 0 Å². The number of nitrogens with zero attached hydrogens (tertiary/aromatic N) is 2. The molecule has 1 aliphatic carbocycles. The van der Waals surface area contributed by atoms with Crippen LogP contribution in [-0.2, 0) is 38.8 Å². The summed E-state index contributed by atoms with van der Waals surface area (Å²) < 4.78 is 67.4. The number of carbonyl (C=O) groups excluding carboxylic acids is 2. The van der Waals surface area contributed by atoms with E-state index in [0.717, 1.165) is 56.1 Å². The van der Waals surface area contributed by atoms with Crippen molar-refractivity contribution in [3.8, 4) is 0 Å². The molecule has 0 aliphatic heterocycles. The molecule has 7 nitrogen and oxygen atoms in total. The van der Waals surface area contributed by atoms with Gasteiger partial charge in [-0.3, -0.25) is 13.9 Å². The molecule has 0 saturated heterocycles. The van der Waals surface area contributed by atoms with E-state index >= 15 is 0 Å². The van der Waals surface area contributed by atoms with E-state index in [1.54, 1.807) is 30.3 Å². The van der Waals surface area contributed by atoms with Crippen LogP contribution in [0.1, 0.15) is 48.8 Å². The Morgan fingerprint density at radius 2 is 1.52 bits per heavy atom. The van der Waals surface area contributed by atoms with E-state index in [-0.39, 0.29) is 30.6 Å². The number of alkyl halides is 3. The number of carbonyl (C=O) groups is 2. The van der Waals surface area contributed by atoms with Crippen LogP contribution in [0.4, 0.5) is 18.9 Å². The van der Waals surface area contributed by atoms with Crippen molar-refractivity contribution in [1.82, 2.24) is 10.2 Å². The van der Waals surface area contributed by atoms with Crippen LogP contribution in [-0.4, -0.2) is 50.0 Å². The molecule has 1 unspecified atom stereocenters. The first-order chi connectivity index (χ1) is 20.8. The van der Waals surface area contributed by atoms with Gasteiger partial charge in [-0.05, 0) is 42.2 Å². The second-order valence-electron chi connectivity index (χ2n) is 11.0. The number of anilines is 1. The molecule has 0 radical (unpaired) electrons. The number of rotatable bonds is 11. The minimum absolute atomic E-state index is 0.0265. The Morgan fingerprint density at radius 3 is 2.09 bits per heavy atom. The molecule has 236 valence electrons. The number of halogens is 4. The smallest absolute Gasteiger partial charge is 0.352 e. The Hall–Kier alpha value is -3.57. The van der Waals surface area contributed by atoms with Crippen molar-refractivity contribution in [3.05, 3.63) is 101 Å². The average molecular weight is 650 g/mol. The third kappa shape index (κ3) is 8.98. The lowest BCUT2D eigenvalue weighted by Crippen LogP contribution is -2.55. The molecule has 1 saturated carbocycles. The predicted octanol–water partition coefficient (Wildman–Crippen LogP) is 6.21. The molecule has 1 N–H and O–H groups in total. The summed E-state index contributed by atoms with van der Waals surface area (Å²) in [6, 6.07) is 19.7. The highest BCUT2D eigenvalue weighted by molar-refractivity contribution is 7.92. The first kappa shape index (κ1) is 33.3. The fourth-order valence-electron chi connectivity index (χ4n) is 5.38. The van der Waals surface area contributed by atoms with Crippen molar-refractivity contribution in [2.24, 2.45) is 0 Å². The maximum absolute atomic E-state index is 14.1. The molecule has 4 rings (SSSR count). The summed E-state index contributed by atoms with van der Waals surface area (Å²) in [5.74, 6) is -1.12. The standard InChI is InChI=1S/C32H35ClF3N3O4S/c1-44(42,43)39(26-17-18-28(33)27(20-26)32(34,35)36)22-30(40)38(21-24-13-7-3-8-14-24)29(19-23-11-5-2-6-12-23)31(41)37-25-15-9-4-10-16-25/h2-3,5-8,11-14,17-18,20,25,29H,4,9-10,15-16,19,21-22H2,1H3,(H,37,41). The van der Waals surface area contributed by atoms with E-state index in [0.29, 0.717) is 15.9 Å². The Kier molecular flexibility index (Phi) is 11.0. The molecule has 12 heteroatoms. The third-order valence-corrected chi connectivity index (χ3v) is 9.11. The van der Waals surface area contributed by atoms with Crippen LogP contribution < -0.4 is 9.62 Å². The van der Waals surface area contributed by atoms with E-state index in [1.807, 2.05) is 30.3 Å². The van der Waals surface area contributed by atoms with Gasteiger partial charge in [0.2, 0.25) is 21.8 Å². The summed E-state index contributed by atoms with van der Waals surface area (Å²) in [6.45, 7) is -0.853.